The third-order valence-corrected chi connectivity index (χ3v) is 3.86. The Labute approximate surface area is 105 Å². The van der Waals surface area contributed by atoms with E-state index in [2.05, 4.69) is 16.8 Å². The minimum atomic E-state index is 0.696. The normalized spacial score (nSPS) is 29.2. The van der Waals surface area contributed by atoms with Crippen LogP contribution >= 0.6 is 0 Å². The molecule has 0 aliphatic carbocycles. The summed E-state index contributed by atoms with van der Waals surface area (Å²) >= 11 is 0. The van der Waals surface area contributed by atoms with E-state index >= 15 is 0 Å². The topological polar surface area (TPSA) is 24.5 Å². The molecule has 0 spiro atoms. The van der Waals surface area contributed by atoms with E-state index in [0.717, 1.165) is 24.8 Å². The van der Waals surface area contributed by atoms with Crippen molar-refractivity contribution in [2.24, 2.45) is 0 Å². The largest absolute Gasteiger partial charge is 0.376 e. The zero-order valence-corrected chi connectivity index (χ0v) is 11.1. The lowest BCUT2D eigenvalue weighted by Crippen LogP contribution is -2.45. The van der Waals surface area contributed by atoms with Gasteiger partial charge in [-0.1, -0.05) is 18.6 Å². The monoisotopic (exact) mass is 238 g/mol. The van der Waals surface area contributed by atoms with E-state index in [1.54, 1.807) is 0 Å². The fourth-order valence-electron chi connectivity index (χ4n) is 3.05. The molecule has 2 rings (SSSR count). The van der Waals surface area contributed by atoms with E-state index in [-0.39, 0.29) is 0 Å². The summed E-state index contributed by atoms with van der Waals surface area (Å²) in [6.07, 6.45) is 5.49. The van der Waals surface area contributed by atoms with Crippen molar-refractivity contribution in [2.75, 3.05) is 32.8 Å². The Morgan fingerprint density at radius 2 is 2.24 bits per heavy atom. The maximum absolute atomic E-state index is 5.52. The van der Waals surface area contributed by atoms with Gasteiger partial charge in [-0.15, -0.1) is 0 Å². The van der Waals surface area contributed by atoms with Gasteiger partial charge >= 0.3 is 0 Å². The average Bonchev–Trinajstić information content (AvgIpc) is 2.72. The van der Waals surface area contributed by atoms with Gasteiger partial charge in [-0.3, -0.25) is 4.90 Å². The first-order valence-corrected chi connectivity index (χ1v) is 6.97. The molecule has 17 heavy (non-hydrogen) atoms. The standard InChI is InChI=1S/C14H26N2O/c1-12(2)11-17-10-7-15-13-6-9-16-8-4-3-5-14(13)16/h13-15H,1,3-11H2,2H3. The van der Waals surface area contributed by atoms with Crippen LogP contribution in [0.4, 0.5) is 0 Å². The van der Waals surface area contributed by atoms with E-state index in [0.29, 0.717) is 12.6 Å². The van der Waals surface area contributed by atoms with E-state index in [1.165, 1.54) is 38.8 Å². The molecule has 2 unspecified atom stereocenters. The quantitative estimate of drug-likeness (QED) is 0.564. The van der Waals surface area contributed by atoms with Crippen molar-refractivity contribution >= 4 is 0 Å². The summed E-state index contributed by atoms with van der Waals surface area (Å²) in [5, 5.41) is 3.66. The van der Waals surface area contributed by atoms with Gasteiger partial charge in [0.1, 0.15) is 0 Å². The van der Waals surface area contributed by atoms with Crippen LogP contribution in [0.15, 0.2) is 12.2 Å². The molecule has 0 radical (unpaired) electrons. The van der Waals surface area contributed by atoms with Crippen LogP contribution in [0.5, 0.6) is 0 Å². The average molecular weight is 238 g/mol. The van der Waals surface area contributed by atoms with Crippen LogP contribution in [-0.4, -0.2) is 49.8 Å². The Kier molecular flexibility index (Phi) is 5.01. The van der Waals surface area contributed by atoms with E-state index in [9.17, 15) is 0 Å². The van der Waals surface area contributed by atoms with Crippen molar-refractivity contribution in [3.63, 3.8) is 0 Å². The summed E-state index contributed by atoms with van der Waals surface area (Å²) in [4.78, 5) is 2.66. The lowest BCUT2D eigenvalue weighted by atomic mass is 9.99. The Balaban J connectivity index is 1.61. The van der Waals surface area contributed by atoms with Gasteiger partial charge in [0.2, 0.25) is 0 Å². The summed E-state index contributed by atoms with van der Waals surface area (Å²) in [7, 11) is 0. The highest BCUT2D eigenvalue weighted by Gasteiger charge is 2.34. The van der Waals surface area contributed by atoms with Gasteiger partial charge in [0.05, 0.1) is 13.2 Å². The highest BCUT2D eigenvalue weighted by atomic mass is 16.5. The summed E-state index contributed by atoms with van der Waals surface area (Å²) < 4.78 is 5.52. The third kappa shape index (κ3) is 3.80. The van der Waals surface area contributed by atoms with Gasteiger partial charge in [-0.05, 0) is 32.7 Å². The Morgan fingerprint density at radius 1 is 1.35 bits per heavy atom. The molecule has 3 heteroatoms. The summed E-state index contributed by atoms with van der Waals surface area (Å²) in [6, 6.07) is 1.49. The fourth-order valence-corrected chi connectivity index (χ4v) is 3.05. The molecule has 2 fully saturated rings. The van der Waals surface area contributed by atoms with Crippen LogP contribution < -0.4 is 5.32 Å². The van der Waals surface area contributed by atoms with E-state index < -0.39 is 0 Å². The van der Waals surface area contributed by atoms with Gasteiger partial charge in [0.15, 0.2) is 0 Å². The molecule has 0 saturated carbocycles. The highest BCUT2D eigenvalue weighted by Crippen LogP contribution is 2.26. The van der Waals surface area contributed by atoms with Crippen LogP contribution in [-0.2, 0) is 4.74 Å². The minimum absolute atomic E-state index is 0.696. The number of nitrogens with zero attached hydrogens (tertiary/aromatic N) is 1. The van der Waals surface area contributed by atoms with Crippen LogP contribution in [0.1, 0.15) is 32.6 Å². The number of rotatable bonds is 6. The highest BCUT2D eigenvalue weighted by molar-refractivity contribution is 4.93. The predicted octanol–water partition coefficient (Wildman–Crippen LogP) is 1.80. The Hall–Kier alpha value is -0.380. The minimum Gasteiger partial charge on any atom is -0.376 e. The smallest absolute Gasteiger partial charge is 0.0672 e. The molecule has 0 bridgehead atoms. The molecule has 98 valence electrons. The van der Waals surface area contributed by atoms with Gasteiger partial charge < -0.3 is 10.1 Å². The number of fused-ring (bicyclic) bond motifs is 1. The molecule has 0 aromatic heterocycles. The van der Waals surface area contributed by atoms with Crippen LogP contribution in [0.25, 0.3) is 0 Å². The fraction of sp³-hybridized carbons (Fsp3) is 0.857. The first kappa shape index (κ1) is 13.1. The van der Waals surface area contributed by atoms with Crippen molar-refractivity contribution in [3.05, 3.63) is 12.2 Å². The third-order valence-electron chi connectivity index (χ3n) is 3.86. The zero-order valence-electron chi connectivity index (χ0n) is 11.1. The van der Waals surface area contributed by atoms with E-state index in [1.807, 2.05) is 6.92 Å². The molecule has 1 N–H and O–H groups in total. The van der Waals surface area contributed by atoms with Gasteiger partial charge in [0, 0.05) is 25.2 Å². The predicted molar refractivity (Wildman–Crippen MR) is 71.3 cm³/mol. The van der Waals surface area contributed by atoms with Gasteiger partial charge in [0.25, 0.3) is 0 Å². The van der Waals surface area contributed by atoms with Crippen LogP contribution in [0.3, 0.4) is 0 Å². The second-order valence-electron chi connectivity index (χ2n) is 5.46. The second kappa shape index (κ2) is 6.53. The molecule has 2 heterocycles. The number of hydrogen-bond acceptors (Lipinski definition) is 3. The van der Waals surface area contributed by atoms with Crippen molar-refractivity contribution in [2.45, 2.75) is 44.7 Å². The van der Waals surface area contributed by atoms with Crippen molar-refractivity contribution in [1.82, 2.24) is 10.2 Å². The van der Waals surface area contributed by atoms with Crippen LogP contribution in [0.2, 0.25) is 0 Å². The molecule has 0 amide bonds. The SMILES string of the molecule is C=C(C)COCCNC1CCN2CCCCC12. The van der Waals surface area contributed by atoms with Crippen LogP contribution in [0, 0.1) is 0 Å². The van der Waals surface area contributed by atoms with E-state index in [4.69, 9.17) is 4.74 Å². The summed E-state index contributed by atoms with van der Waals surface area (Å²) in [5.41, 5.74) is 1.10. The van der Waals surface area contributed by atoms with Gasteiger partial charge in [-0.25, -0.2) is 0 Å². The molecular weight excluding hydrogens is 212 g/mol. The molecule has 3 nitrogen and oxygen atoms in total. The lowest BCUT2D eigenvalue weighted by Gasteiger charge is -2.32. The molecule has 0 aromatic rings. The second-order valence-corrected chi connectivity index (χ2v) is 5.46. The molecular formula is C14H26N2O. The number of piperidine rings is 1. The lowest BCUT2D eigenvalue weighted by molar-refractivity contribution is 0.146. The molecule has 2 aliphatic rings. The first-order valence-electron chi connectivity index (χ1n) is 6.97. The number of ether oxygens (including phenoxy) is 1. The first-order chi connectivity index (χ1) is 8.27. The Morgan fingerprint density at radius 3 is 3.06 bits per heavy atom. The molecule has 2 atom stereocenters. The zero-order chi connectivity index (χ0) is 12.1. The summed E-state index contributed by atoms with van der Waals surface area (Å²) in [5.74, 6) is 0. The van der Waals surface area contributed by atoms with Crippen molar-refractivity contribution in [3.8, 4) is 0 Å². The van der Waals surface area contributed by atoms with Crippen molar-refractivity contribution < 1.29 is 4.74 Å². The van der Waals surface area contributed by atoms with Gasteiger partial charge in [-0.2, -0.15) is 0 Å². The summed E-state index contributed by atoms with van der Waals surface area (Å²) in [6.45, 7) is 10.9. The maximum Gasteiger partial charge on any atom is 0.0672 e. The maximum atomic E-state index is 5.52. The number of hydrogen-bond donors (Lipinski definition) is 1. The number of nitrogens with one attached hydrogen (secondary N) is 1. The van der Waals surface area contributed by atoms with Crippen molar-refractivity contribution in [1.29, 1.82) is 0 Å². The Bertz CT molecular complexity index is 255. The molecule has 2 aliphatic heterocycles. The molecule has 2 saturated heterocycles. The molecule has 0 aromatic carbocycles.